The quantitative estimate of drug-likeness (QED) is 0.207. The van der Waals surface area contributed by atoms with Crippen molar-refractivity contribution in [2.24, 2.45) is 0 Å². The lowest BCUT2D eigenvalue weighted by molar-refractivity contribution is 0.460. The fourth-order valence-electron chi connectivity index (χ4n) is 7.43. The van der Waals surface area contributed by atoms with Crippen molar-refractivity contribution in [1.82, 2.24) is 0 Å². The van der Waals surface area contributed by atoms with Gasteiger partial charge in [0.05, 0.1) is 0 Å². The van der Waals surface area contributed by atoms with Gasteiger partial charge in [0.2, 0.25) is 0 Å². The highest BCUT2D eigenvalue weighted by Crippen LogP contribution is 2.51. The zero-order chi connectivity index (χ0) is 29.7. The molecule has 2 aliphatic rings. The van der Waals surface area contributed by atoms with Gasteiger partial charge in [-0.05, 0) is 124 Å². The fourth-order valence-corrected chi connectivity index (χ4v) is 7.43. The van der Waals surface area contributed by atoms with E-state index in [0.717, 1.165) is 29.1 Å². The molecule has 7 aromatic rings. The molecule has 0 unspecified atom stereocenters. The van der Waals surface area contributed by atoms with Crippen LogP contribution in [0.1, 0.15) is 47.2 Å². The summed E-state index contributed by atoms with van der Waals surface area (Å²) in [7, 11) is 0. The Morgan fingerprint density at radius 1 is 0.500 bits per heavy atom. The molecule has 0 saturated carbocycles. The van der Waals surface area contributed by atoms with Crippen molar-refractivity contribution < 1.29 is 9.15 Å². The third kappa shape index (κ3) is 3.74. The number of hydrogen-bond donors (Lipinski definition) is 0. The van der Waals surface area contributed by atoms with Gasteiger partial charge in [0.1, 0.15) is 22.7 Å². The van der Waals surface area contributed by atoms with Crippen LogP contribution in [0, 0.1) is 13.8 Å². The molecule has 44 heavy (non-hydrogen) atoms. The van der Waals surface area contributed by atoms with E-state index in [0.29, 0.717) is 0 Å². The molecule has 0 radical (unpaired) electrons. The van der Waals surface area contributed by atoms with Crippen molar-refractivity contribution in [1.29, 1.82) is 0 Å². The first-order valence-corrected chi connectivity index (χ1v) is 15.5. The molecule has 0 bridgehead atoms. The van der Waals surface area contributed by atoms with Crippen LogP contribution in [0.2, 0.25) is 0 Å². The summed E-state index contributed by atoms with van der Waals surface area (Å²) in [6.07, 6.45) is 0.894. The molecule has 0 saturated heterocycles. The van der Waals surface area contributed by atoms with Gasteiger partial charge in [-0.3, -0.25) is 0 Å². The van der Waals surface area contributed by atoms with E-state index in [1.54, 1.807) is 0 Å². The normalized spacial score (nSPS) is 14.2. The summed E-state index contributed by atoms with van der Waals surface area (Å²) in [4.78, 5) is 0. The maximum absolute atomic E-state index is 6.26. The molecule has 6 aromatic carbocycles. The van der Waals surface area contributed by atoms with Gasteiger partial charge in [-0.15, -0.1) is 0 Å². The van der Waals surface area contributed by atoms with Crippen molar-refractivity contribution in [3.8, 4) is 44.9 Å². The van der Waals surface area contributed by atoms with Gasteiger partial charge in [-0.1, -0.05) is 79.6 Å². The van der Waals surface area contributed by atoms with E-state index in [4.69, 9.17) is 9.15 Å². The van der Waals surface area contributed by atoms with Crippen LogP contribution in [0.4, 0.5) is 0 Å². The average Bonchev–Trinajstić information content (AvgIpc) is 3.50. The van der Waals surface area contributed by atoms with Crippen LogP contribution < -0.4 is 4.74 Å². The zero-order valence-electron chi connectivity index (χ0n) is 25.4. The molecule has 0 atom stereocenters. The average molecular weight is 569 g/mol. The van der Waals surface area contributed by atoms with Crippen LogP contribution in [0.3, 0.4) is 0 Å². The molecular formula is C42H32O2. The van der Waals surface area contributed by atoms with E-state index in [2.05, 4.69) is 137 Å². The summed E-state index contributed by atoms with van der Waals surface area (Å²) in [5.41, 5.74) is 17.1. The second-order valence-corrected chi connectivity index (χ2v) is 13.2. The molecule has 0 N–H and O–H groups in total. The lowest BCUT2D eigenvalue weighted by Gasteiger charge is -2.23. The summed E-state index contributed by atoms with van der Waals surface area (Å²) < 4.78 is 12.4. The molecule has 1 aromatic heterocycles. The van der Waals surface area contributed by atoms with Crippen LogP contribution >= 0.6 is 0 Å². The number of hydrogen-bond acceptors (Lipinski definition) is 2. The first-order chi connectivity index (χ1) is 21.3. The Morgan fingerprint density at radius 3 is 1.73 bits per heavy atom. The van der Waals surface area contributed by atoms with Crippen LogP contribution in [-0.4, -0.2) is 0 Å². The minimum Gasteiger partial charge on any atom is -0.457 e. The van der Waals surface area contributed by atoms with Crippen LogP contribution in [0.25, 0.3) is 55.3 Å². The number of furan rings is 1. The maximum atomic E-state index is 6.26. The van der Waals surface area contributed by atoms with E-state index in [-0.39, 0.29) is 5.41 Å². The SMILES string of the molecule is Cc1ccc2c(c1)Cc1cc(-c3ccc4c(c3)C(C)(C)c3cc(-c5ccc6oc7ccc(C)cc7c6c5)ccc3-4)ccc1O2. The molecule has 0 spiro atoms. The highest BCUT2D eigenvalue weighted by molar-refractivity contribution is 6.06. The Kier molecular flexibility index (Phi) is 5.18. The molecule has 1 aliphatic carbocycles. The van der Waals surface area contributed by atoms with E-state index in [9.17, 15) is 0 Å². The Hall–Kier alpha value is -5.08. The molecule has 2 nitrogen and oxygen atoms in total. The van der Waals surface area contributed by atoms with Crippen molar-refractivity contribution in [3.05, 3.63) is 143 Å². The Bertz CT molecular complexity index is 2330. The first kappa shape index (κ1) is 25.4. The van der Waals surface area contributed by atoms with Crippen molar-refractivity contribution in [2.75, 3.05) is 0 Å². The standard InChI is InChI=1S/C42H32O2/c1-24-5-13-38-30(17-24)20-31-19-26(9-15-39(31)43-38)28-7-11-32-33-12-8-29(23-37(33)42(3,4)36(32)22-28)27-10-16-41-35(21-27)34-18-25(2)6-14-40(34)44-41/h5-19,21-23H,20H2,1-4H3. The molecule has 0 fully saturated rings. The molecule has 1 aliphatic heterocycles. The third-order valence-electron chi connectivity index (χ3n) is 9.84. The van der Waals surface area contributed by atoms with Crippen LogP contribution in [-0.2, 0) is 11.8 Å². The third-order valence-corrected chi connectivity index (χ3v) is 9.84. The maximum Gasteiger partial charge on any atom is 0.135 e. The smallest absolute Gasteiger partial charge is 0.135 e. The van der Waals surface area contributed by atoms with Crippen molar-refractivity contribution in [3.63, 3.8) is 0 Å². The number of ether oxygens (including phenoxy) is 1. The molecular weight excluding hydrogens is 536 g/mol. The lowest BCUT2D eigenvalue weighted by atomic mass is 9.80. The predicted molar refractivity (Wildman–Crippen MR) is 181 cm³/mol. The number of aryl methyl sites for hydroxylation is 2. The second-order valence-electron chi connectivity index (χ2n) is 13.2. The van der Waals surface area contributed by atoms with Gasteiger partial charge < -0.3 is 9.15 Å². The van der Waals surface area contributed by atoms with Gasteiger partial charge in [-0.25, -0.2) is 0 Å². The monoisotopic (exact) mass is 568 g/mol. The molecule has 0 amide bonds. The van der Waals surface area contributed by atoms with E-state index >= 15 is 0 Å². The van der Waals surface area contributed by atoms with Crippen molar-refractivity contribution >= 4 is 21.9 Å². The predicted octanol–water partition coefficient (Wildman–Crippen LogP) is 11.5. The van der Waals surface area contributed by atoms with Crippen LogP contribution in [0.5, 0.6) is 11.5 Å². The highest BCUT2D eigenvalue weighted by Gasteiger charge is 2.36. The Labute approximate surface area is 257 Å². The highest BCUT2D eigenvalue weighted by atomic mass is 16.5. The lowest BCUT2D eigenvalue weighted by Crippen LogP contribution is -2.15. The minimum atomic E-state index is -0.117. The molecule has 9 rings (SSSR count). The second kappa shape index (κ2) is 8.97. The summed E-state index contributed by atoms with van der Waals surface area (Å²) in [6, 6.07) is 40.1. The van der Waals surface area contributed by atoms with Gasteiger partial charge >= 0.3 is 0 Å². The van der Waals surface area contributed by atoms with Gasteiger partial charge in [-0.2, -0.15) is 0 Å². The first-order valence-electron chi connectivity index (χ1n) is 15.5. The van der Waals surface area contributed by atoms with E-state index < -0.39 is 0 Å². The largest absolute Gasteiger partial charge is 0.457 e. The summed E-state index contributed by atoms with van der Waals surface area (Å²) in [6.45, 7) is 9.00. The summed E-state index contributed by atoms with van der Waals surface area (Å²) in [5, 5.41) is 2.35. The van der Waals surface area contributed by atoms with Crippen molar-refractivity contribution in [2.45, 2.75) is 39.5 Å². The summed E-state index contributed by atoms with van der Waals surface area (Å²) >= 11 is 0. The van der Waals surface area contributed by atoms with Gasteiger partial charge in [0, 0.05) is 22.6 Å². The Balaban J connectivity index is 1.08. The van der Waals surface area contributed by atoms with E-state index in [1.165, 1.54) is 77.5 Å². The zero-order valence-corrected chi connectivity index (χ0v) is 25.4. The van der Waals surface area contributed by atoms with Gasteiger partial charge in [0.15, 0.2) is 0 Å². The van der Waals surface area contributed by atoms with E-state index in [1.807, 2.05) is 0 Å². The van der Waals surface area contributed by atoms with Crippen LogP contribution in [0.15, 0.2) is 114 Å². The summed E-state index contributed by atoms with van der Waals surface area (Å²) in [5.74, 6) is 1.93. The number of benzene rings is 6. The topological polar surface area (TPSA) is 22.4 Å². The number of rotatable bonds is 2. The number of fused-ring (bicyclic) bond motifs is 8. The molecule has 2 heterocycles. The molecule has 2 heteroatoms. The molecule has 212 valence electrons. The minimum absolute atomic E-state index is 0.117. The van der Waals surface area contributed by atoms with Gasteiger partial charge in [0.25, 0.3) is 0 Å². The Morgan fingerprint density at radius 2 is 1.00 bits per heavy atom. The fraction of sp³-hybridized carbons (Fsp3) is 0.143.